The molecule has 0 spiro atoms. The summed E-state index contributed by atoms with van der Waals surface area (Å²) in [4.78, 5) is 25.4. The Hall–Kier alpha value is -2.46. The molecule has 1 aliphatic rings. The Bertz CT molecular complexity index is 751. The van der Waals surface area contributed by atoms with Gasteiger partial charge >= 0.3 is 12.0 Å². The Kier molecular flexibility index (Phi) is 11.5. The number of urea groups is 1. The number of carbonyl (C=O) groups excluding carboxylic acids is 1. The third kappa shape index (κ3) is 10.6. The van der Waals surface area contributed by atoms with E-state index in [2.05, 4.69) is 5.32 Å². The lowest BCUT2D eigenvalue weighted by molar-refractivity contribution is -0.149. The maximum Gasteiger partial charge on any atom is 0.333 e. The van der Waals surface area contributed by atoms with Gasteiger partial charge in [0.05, 0.1) is 13.2 Å². The van der Waals surface area contributed by atoms with E-state index >= 15 is 0 Å². The lowest BCUT2D eigenvalue weighted by Crippen LogP contribution is -2.46. The molecule has 192 valence electrons. The van der Waals surface area contributed by atoms with Crippen LogP contribution in [0.3, 0.4) is 0 Å². The molecule has 8 nitrogen and oxygen atoms in total. The molecule has 2 N–H and O–H groups in total. The second-order valence-corrected chi connectivity index (χ2v) is 8.52. The fraction of sp³-hybridized carbons (Fsp3) is 0.667. The monoisotopic (exact) mass is 486 g/mol. The lowest BCUT2D eigenvalue weighted by atomic mass is 10.1. The van der Waals surface area contributed by atoms with Crippen LogP contribution < -0.4 is 10.1 Å². The van der Waals surface area contributed by atoms with Crippen LogP contribution in [0.5, 0.6) is 5.75 Å². The second-order valence-electron chi connectivity index (χ2n) is 8.52. The minimum atomic E-state index is -2.92. The van der Waals surface area contributed by atoms with Gasteiger partial charge in [0.2, 0.25) is 0 Å². The average molecular weight is 487 g/mol. The summed E-state index contributed by atoms with van der Waals surface area (Å²) in [6, 6.07) is 6.89. The summed E-state index contributed by atoms with van der Waals surface area (Å²) in [7, 11) is 0. The van der Waals surface area contributed by atoms with Crippen molar-refractivity contribution in [3.8, 4) is 5.75 Å². The molecule has 2 rings (SSSR count). The number of hydrogen-bond donors (Lipinski definition) is 2. The number of aliphatic carboxylic acids is 1. The highest BCUT2D eigenvalue weighted by Gasteiger charge is 2.23. The van der Waals surface area contributed by atoms with Crippen LogP contribution in [-0.2, 0) is 20.7 Å². The van der Waals surface area contributed by atoms with E-state index < -0.39 is 24.6 Å². The molecular weight excluding hydrogens is 450 g/mol. The number of rotatable bonds is 15. The van der Waals surface area contributed by atoms with Crippen molar-refractivity contribution in [3.63, 3.8) is 0 Å². The summed E-state index contributed by atoms with van der Waals surface area (Å²) in [6.45, 7) is 2.79. The molecule has 0 saturated heterocycles. The second kappa shape index (κ2) is 14.1. The van der Waals surface area contributed by atoms with Crippen LogP contribution in [0.25, 0.3) is 0 Å². The molecule has 10 heteroatoms. The summed E-state index contributed by atoms with van der Waals surface area (Å²) >= 11 is 0. The highest BCUT2D eigenvalue weighted by Crippen LogP contribution is 2.18. The quantitative estimate of drug-likeness (QED) is 0.367. The molecule has 1 aromatic rings. The Morgan fingerprint density at radius 3 is 2.41 bits per heavy atom. The lowest BCUT2D eigenvalue weighted by Gasteiger charge is -2.25. The SMILES string of the molecule is CCOC(Cc1ccc(OCCN(CCOCC(C)(F)F)C(=O)NC2CCCC2)cc1)C(=O)O. The first-order valence-electron chi connectivity index (χ1n) is 11.7. The summed E-state index contributed by atoms with van der Waals surface area (Å²) in [5.74, 6) is -3.35. The summed E-state index contributed by atoms with van der Waals surface area (Å²) < 4.78 is 41.9. The van der Waals surface area contributed by atoms with E-state index in [1.54, 1.807) is 31.2 Å². The van der Waals surface area contributed by atoms with Gasteiger partial charge in [0.1, 0.15) is 19.0 Å². The van der Waals surface area contributed by atoms with Crippen LogP contribution in [0.1, 0.15) is 45.1 Å². The first-order valence-corrected chi connectivity index (χ1v) is 11.7. The number of alkyl halides is 2. The van der Waals surface area contributed by atoms with Gasteiger partial charge in [-0.2, -0.15) is 0 Å². The van der Waals surface area contributed by atoms with Crippen LogP contribution in [0, 0.1) is 0 Å². The Morgan fingerprint density at radius 2 is 1.82 bits per heavy atom. The van der Waals surface area contributed by atoms with Crippen LogP contribution in [0.2, 0.25) is 0 Å². The molecule has 1 aliphatic carbocycles. The minimum Gasteiger partial charge on any atom is -0.492 e. The van der Waals surface area contributed by atoms with Gasteiger partial charge < -0.3 is 29.5 Å². The molecule has 0 bridgehead atoms. The Labute approximate surface area is 199 Å². The zero-order valence-electron chi connectivity index (χ0n) is 19.9. The highest BCUT2D eigenvalue weighted by molar-refractivity contribution is 5.74. The number of carboxylic acids is 1. The van der Waals surface area contributed by atoms with E-state index in [9.17, 15) is 23.5 Å². The standard InChI is InChI=1S/C24H36F2N2O6/c1-3-33-21(22(29)30)16-18-8-10-20(11-9-18)34-15-13-28(12-14-32-17-24(2,25)26)23(31)27-19-6-4-5-7-19/h8-11,19,21H,3-7,12-17H2,1-2H3,(H,27,31)(H,29,30). The van der Waals surface area contributed by atoms with Crippen molar-refractivity contribution < 1.29 is 37.7 Å². The number of nitrogens with one attached hydrogen (secondary N) is 1. The molecule has 1 fully saturated rings. The molecule has 2 amide bonds. The van der Waals surface area contributed by atoms with Gasteiger partial charge in [0.15, 0.2) is 6.10 Å². The number of ether oxygens (including phenoxy) is 3. The first-order chi connectivity index (χ1) is 16.2. The van der Waals surface area contributed by atoms with Crippen LogP contribution >= 0.6 is 0 Å². The summed E-state index contributed by atoms with van der Waals surface area (Å²) in [6.07, 6.45) is 3.38. The number of carbonyl (C=O) groups is 2. The van der Waals surface area contributed by atoms with Crippen molar-refractivity contribution in [1.29, 1.82) is 0 Å². The van der Waals surface area contributed by atoms with Crippen molar-refractivity contribution in [2.24, 2.45) is 0 Å². The van der Waals surface area contributed by atoms with Gasteiger partial charge in [-0.15, -0.1) is 0 Å². The van der Waals surface area contributed by atoms with Crippen molar-refractivity contribution in [2.45, 2.75) is 64.0 Å². The van der Waals surface area contributed by atoms with E-state index in [1.807, 2.05) is 0 Å². The molecule has 34 heavy (non-hydrogen) atoms. The van der Waals surface area contributed by atoms with E-state index in [0.29, 0.717) is 12.4 Å². The molecule has 0 aromatic heterocycles. The highest BCUT2D eigenvalue weighted by atomic mass is 19.3. The topological polar surface area (TPSA) is 97.3 Å². The van der Waals surface area contributed by atoms with E-state index in [4.69, 9.17) is 14.2 Å². The van der Waals surface area contributed by atoms with Crippen LogP contribution in [0.4, 0.5) is 13.6 Å². The maximum atomic E-state index is 13.0. The van der Waals surface area contributed by atoms with Gasteiger partial charge in [-0.25, -0.2) is 18.4 Å². The van der Waals surface area contributed by atoms with Crippen molar-refractivity contribution in [3.05, 3.63) is 29.8 Å². The number of halogens is 2. The van der Waals surface area contributed by atoms with Crippen molar-refractivity contribution in [1.82, 2.24) is 10.2 Å². The first kappa shape index (κ1) is 27.8. The minimum absolute atomic E-state index is 0.000782. The molecule has 0 aliphatic heterocycles. The molecule has 0 heterocycles. The summed E-state index contributed by atoms with van der Waals surface area (Å²) in [5, 5.41) is 12.2. The average Bonchev–Trinajstić information content (AvgIpc) is 3.28. The van der Waals surface area contributed by atoms with E-state index in [1.165, 1.54) is 4.90 Å². The third-order valence-electron chi connectivity index (χ3n) is 5.45. The smallest absolute Gasteiger partial charge is 0.333 e. The Balaban J connectivity index is 1.84. The molecular formula is C24H36F2N2O6. The maximum absolute atomic E-state index is 13.0. The largest absolute Gasteiger partial charge is 0.492 e. The fourth-order valence-corrected chi connectivity index (χ4v) is 3.71. The predicted octanol–water partition coefficient (Wildman–Crippen LogP) is 3.72. The third-order valence-corrected chi connectivity index (χ3v) is 5.45. The predicted molar refractivity (Wildman–Crippen MR) is 122 cm³/mol. The van der Waals surface area contributed by atoms with Crippen LogP contribution in [-0.4, -0.2) is 79.6 Å². The number of benzene rings is 1. The fourth-order valence-electron chi connectivity index (χ4n) is 3.71. The van der Waals surface area contributed by atoms with Gasteiger partial charge in [-0.1, -0.05) is 25.0 Å². The Morgan fingerprint density at radius 1 is 1.18 bits per heavy atom. The molecule has 0 radical (unpaired) electrons. The van der Waals surface area contributed by atoms with Gasteiger partial charge in [0, 0.05) is 32.5 Å². The van der Waals surface area contributed by atoms with Crippen LogP contribution in [0.15, 0.2) is 24.3 Å². The van der Waals surface area contributed by atoms with E-state index in [0.717, 1.165) is 38.2 Å². The molecule has 1 atom stereocenters. The number of carboxylic acid groups (broad SMARTS) is 1. The normalized spacial score (nSPS) is 15.2. The zero-order chi connectivity index (χ0) is 25.0. The van der Waals surface area contributed by atoms with E-state index in [-0.39, 0.29) is 44.8 Å². The zero-order valence-corrected chi connectivity index (χ0v) is 19.9. The number of amides is 2. The summed E-state index contributed by atoms with van der Waals surface area (Å²) in [5.41, 5.74) is 0.802. The number of nitrogens with zero attached hydrogens (tertiary/aromatic N) is 1. The van der Waals surface area contributed by atoms with Gasteiger partial charge in [0.25, 0.3) is 5.92 Å². The van der Waals surface area contributed by atoms with Crippen molar-refractivity contribution >= 4 is 12.0 Å². The van der Waals surface area contributed by atoms with Crippen molar-refractivity contribution in [2.75, 3.05) is 39.5 Å². The van der Waals surface area contributed by atoms with Gasteiger partial charge in [-0.05, 0) is 37.5 Å². The molecule has 1 saturated carbocycles. The van der Waals surface area contributed by atoms with Gasteiger partial charge in [-0.3, -0.25) is 0 Å². The molecule has 1 aromatic carbocycles. The molecule has 1 unspecified atom stereocenters. The number of hydrogen-bond acceptors (Lipinski definition) is 5.